The van der Waals surface area contributed by atoms with Crippen molar-refractivity contribution < 1.29 is 9.53 Å². The third kappa shape index (κ3) is 2.22. The Hall–Kier alpha value is -3.16. The van der Waals surface area contributed by atoms with Crippen LogP contribution in [0.25, 0.3) is 5.78 Å². The van der Waals surface area contributed by atoms with Crippen molar-refractivity contribution in [2.45, 2.75) is 0 Å². The molecule has 2 aromatic heterocycles. The molecule has 0 spiro atoms. The fraction of sp³-hybridized carbons (Fsp3) is 0.0769. The molecule has 0 atom stereocenters. The third-order valence-electron chi connectivity index (χ3n) is 2.91. The maximum absolute atomic E-state index is 12.2. The van der Waals surface area contributed by atoms with E-state index in [-0.39, 0.29) is 11.5 Å². The molecule has 21 heavy (non-hydrogen) atoms. The summed E-state index contributed by atoms with van der Waals surface area (Å²) >= 11 is 0. The van der Waals surface area contributed by atoms with E-state index >= 15 is 0 Å². The summed E-state index contributed by atoms with van der Waals surface area (Å²) in [6, 6.07) is 6.73. The Labute approximate surface area is 118 Å². The molecule has 2 heterocycles. The first kappa shape index (κ1) is 12.9. The van der Waals surface area contributed by atoms with Gasteiger partial charge in [-0.1, -0.05) is 12.1 Å². The normalized spacial score (nSPS) is 10.5. The summed E-state index contributed by atoms with van der Waals surface area (Å²) in [6.07, 6.45) is 2.61. The lowest BCUT2D eigenvalue weighted by molar-refractivity contribution is 0.102. The molecule has 0 aliphatic heterocycles. The lowest BCUT2D eigenvalue weighted by Gasteiger charge is -2.08. The number of carbonyl (C=O) groups is 1. The van der Waals surface area contributed by atoms with Crippen LogP contribution in [0.3, 0.4) is 0 Å². The van der Waals surface area contributed by atoms with Crippen LogP contribution in [-0.2, 0) is 0 Å². The Morgan fingerprint density at radius 3 is 2.95 bits per heavy atom. The summed E-state index contributed by atoms with van der Waals surface area (Å²) in [4.78, 5) is 32.2. The first-order chi connectivity index (χ1) is 10.2. The van der Waals surface area contributed by atoms with E-state index in [1.54, 1.807) is 24.3 Å². The number of para-hydroxylation sites is 1. The highest BCUT2D eigenvalue weighted by Gasteiger charge is 2.14. The van der Waals surface area contributed by atoms with Gasteiger partial charge in [-0.25, -0.2) is 9.97 Å². The standard InChI is InChI=1S/C13H11N5O3/c1-21-10-5-3-2-4-8(10)11(19)17-9-6-14-13-15-7-16-18(13)12(9)20/h2-7H,1H3,(H,17,19)(H,14,15,16). The van der Waals surface area contributed by atoms with Crippen molar-refractivity contribution in [1.82, 2.24) is 19.6 Å². The van der Waals surface area contributed by atoms with Crippen molar-refractivity contribution in [2.75, 3.05) is 12.4 Å². The summed E-state index contributed by atoms with van der Waals surface area (Å²) < 4.78 is 6.25. The highest BCUT2D eigenvalue weighted by Crippen LogP contribution is 2.18. The van der Waals surface area contributed by atoms with Crippen molar-refractivity contribution in [3.63, 3.8) is 0 Å². The summed E-state index contributed by atoms with van der Waals surface area (Å²) in [6.45, 7) is 0. The van der Waals surface area contributed by atoms with Crippen molar-refractivity contribution in [3.8, 4) is 5.75 Å². The number of ether oxygens (including phenoxy) is 1. The Morgan fingerprint density at radius 1 is 1.33 bits per heavy atom. The predicted octanol–water partition coefficient (Wildman–Crippen LogP) is 0.678. The van der Waals surface area contributed by atoms with E-state index < -0.39 is 11.5 Å². The van der Waals surface area contributed by atoms with E-state index in [0.717, 1.165) is 4.52 Å². The second-order valence-electron chi connectivity index (χ2n) is 4.15. The van der Waals surface area contributed by atoms with Crippen LogP contribution in [-0.4, -0.2) is 32.6 Å². The average Bonchev–Trinajstić information content (AvgIpc) is 2.99. The zero-order chi connectivity index (χ0) is 14.8. The van der Waals surface area contributed by atoms with Crippen LogP contribution in [0.5, 0.6) is 5.75 Å². The number of H-pyrrole nitrogens is 1. The summed E-state index contributed by atoms with van der Waals surface area (Å²) in [5.74, 6) is 0.201. The topological polar surface area (TPSA) is 101 Å². The van der Waals surface area contributed by atoms with E-state index in [2.05, 4.69) is 20.4 Å². The van der Waals surface area contributed by atoms with Gasteiger partial charge in [-0.15, -0.1) is 0 Å². The number of nitrogens with zero attached hydrogens (tertiary/aromatic N) is 3. The molecule has 3 aromatic rings. The maximum atomic E-state index is 12.2. The fourth-order valence-corrected chi connectivity index (χ4v) is 1.91. The highest BCUT2D eigenvalue weighted by molar-refractivity contribution is 6.06. The van der Waals surface area contributed by atoms with Gasteiger partial charge < -0.3 is 10.1 Å². The molecule has 106 valence electrons. The van der Waals surface area contributed by atoms with Crippen LogP contribution in [0.2, 0.25) is 0 Å². The van der Waals surface area contributed by atoms with Crippen LogP contribution in [0.4, 0.5) is 5.69 Å². The number of hydrogen-bond donors (Lipinski definition) is 2. The molecule has 0 unspecified atom stereocenters. The molecule has 0 saturated carbocycles. The van der Waals surface area contributed by atoms with Crippen molar-refractivity contribution in [1.29, 1.82) is 0 Å². The van der Waals surface area contributed by atoms with Crippen LogP contribution in [0, 0.1) is 0 Å². The maximum Gasteiger partial charge on any atom is 0.297 e. The number of fused-ring (bicyclic) bond motifs is 1. The monoisotopic (exact) mass is 285 g/mol. The van der Waals surface area contributed by atoms with Crippen LogP contribution in [0.15, 0.2) is 41.6 Å². The molecule has 0 aliphatic rings. The molecule has 3 rings (SSSR count). The van der Waals surface area contributed by atoms with Gasteiger partial charge in [0.1, 0.15) is 17.8 Å². The van der Waals surface area contributed by atoms with Gasteiger partial charge in [-0.2, -0.15) is 4.52 Å². The smallest absolute Gasteiger partial charge is 0.297 e. The summed E-state index contributed by atoms with van der Waals surface area (Å²) in [7, 11) is 1.47. The Kier molecular flexibility index (Phi) is 3.11. The number of rotatable bonds is 3. The number of benzene rings is 1. The van der Waals surface area contributed by atoms with Crippen LogP contribution in [0.1, 0.15) is 10.4 Å². The number of hydrogen-bond acceptors (Lipinski definition) is 5. The fourth-order valence-electron chi connectivity index (χ4n) is 1.91. The molecule has 1 amide bonds. The zero-order valence-electron chi connectivity index (χ0n) is 11.0. The van der Waals surface area contributed by atoms with Crippen molar-refractivity contribution in [2.24, 2.45) is 0 Å². The van der Waals surface area contributed by atoms with Gasteiger partial charge in [0.25, 0.3) is 17.2 Å². The van der Waals surface area contributed by atoms with Gasteiger partial charge in [0.15, 0.2) is 0 Å². The second-order valence-corrected chi connectivity index (χ2v) is 4.15. The minimum atomic E-state index is -0.453. The van der Waals surface area contributed by atoms with Gasteiger partial charge in [-0.3, -0.25) is 14.7 Å². The Bertz CT molecular complexity index is 867. The molecule has 0 fully saturated rings. The largest absolute Gasteiger partial charge is 0.496 e. The SMILES string of the molecule is COc1ccccc1C(=O)Nc1cnc2nc[nH]n2c1=O. The number of anilines is 1. The molecule has 2 N–H and O–H groups in total. The van der Waals surface area contributed by atoms with E-state index in [9.17, 15) is 9.59 Å². The molecule has 0 saturated heterocycles. The molecule has 0 radical (unpaired) electrons. The molecule has 1 aromatic carbocycles. The van der Waals surface area contributed by atoms with Crippen molar-refractivity contribution >= 4 is 17.4 Å². The highest BCUT2D eigenvalue weighted by atomic mass is 16.5. The lowest BCUT2D eigenvalue weighted by Crippen LogP contribution is -2.23. The van der Waals surface area contributed by atoms with E-state index in [1.807, 2.05) is 0 Å². The van der Waals surface area contributed by atoms with Gasteiger partial charge in [0, 0.05) is 0 Å². The minimum absolute atomic E-state index is 0.0488. The molecular formula is C13H11N5O3. The minimum Gasteiger partial charge on any atom is -0.496 e. The third-order valence-corrected chi connectivity index (χ3v) is 2.91. The number of aromatic amines is 1. The van der Waals surface area contributed by atoms with Gasteiger partial charge >= 0.3 is 0 Å². The first-order valence-electron chi connectivity index (χ1n) is 6.06. The lowest BCUT2D eigenvalue weighted by atomic mass is 10.2. The number of nitrogens with one attached hydrogen (secondary N) is 2. The molecule has 8 nitrogen and oxygen atoms in total. The average molecular weight is 285 g/mol. The number of carbonyl (C=O) groups excluding carboxylic acids is 1. The van der Waals surface area contributed by atoms with E-state index in [4.69, 9.17) is 4.74 Å². The molecule has 0 bridgehead atoms. The number of amides is 1. The Balaban J connectivity index is 1.96. The second kappa shape index (κ2) is 5.08. The summed E-state index contributed by atoms with van der Waals surface area (Å²) in [5, 5.41) is 5.14. The quantitative estimate of drug-likeness (QED) is 0.736. The Morgan fingerprint density at radius 2 is 2.14 bits per heavy atom. The number of aromatic nitrogens is 4. The first-order valence-corrected chi connectivity index (χ1v) is 6.06. The molecule has 8 heteroatoms. The van der Waals surface area contributed by atoms with Gasteiger partial charge in [0.2, 0.25) is 0 Å². The van der Waals surface area contributed by atoms with E-state index in [1.165, 1.54) is 19.6 Å². The van der Waals surface area contributed by atoms with E-state index in [0.29, 0.717) is 11.3 Å². The van der Waals surface area contributed by atoms with Gasteiger partial charge in [0.05, 0.1) is 18.9 Å². The number of methoxy groups -OCH3 is 1. The van der Waals surface area contributed by atoms with Crippen LogP contribution >= 0.6 is 0 Å². The van der Waals surface area contributed by atoms with Gasteiger partial charge in [-0.05, 0) is 12.1 Å². The molecule has 0 aliphatic carbocycles. The van der Waals surface area contributed by atoms with Crippen LogP contribution < -0.4 is 15.6 Å². The zero-order valence-corrected chi connectivity index (χ0v) is 11.0. The molecular weight excluding hydrogens is 274 g/mol. The predicted molar refractivity (Wildman–Crippen MR) is 74.6 cm³/mol. The van der Waals surface area contributed by atoms with Crippen molar-refractivity contribution in [3.05, 3.63) is 52.7 Å². The summed E-state index contributed by atoms with van der Waals surface area (Å²) in [5.41, 5.74) is -0.0671.